The van der Waals surface area contributed by atoms with Crippen LogP contribution in [0.15, 0.2) is 16.5 Å². The van der Waals surface area contributed by atoms with Crippen LogP contribution in [-0.2, 0) is 19.3 Å². The number of benzene rings is 1. The van der Waals surface area contributed by atoms with Crippen molar-refractivity contribution in [1.29, 1.82) is 0 Å². The monoisotopic (exact) mass is 611 g/mol. The highest BCUT2D eigenvalue weighted by Crippen LogP contribution is 2.48. The van der Waals surface area contributed by atoms with Gasteiger partial charge in [0.2, 0.25) is 0 Å². The summed E-state index contributed by atoms with van der Waals surface area (Å²) in [6.45, 7) is 1.55. The van der Waals surface area contributed by atoms with Crippen LogP contribution in [0.5, 0.6) is 5.75 Å². The molecule has 190 valence electrons. The van der Waals surface area contributed by atoms with Gasteiger partial charge in [-0.1, -0.05) is 69.6 Å². The Bertz CT molecular complexity index is 1230. The lowest BCUT2D eigenvalue weighted by Crippen LogP contribution is -2.25. The van der Waals surface area contributed by atoms with E-state index in [1.54, 1.807) is 0 Å². The molecule has 1 N–H and O–H groups in total. The van der Waals surface area contributed by atoms with Crippen molar-refractivity contribution in [2.75, 3.05) is 6.54 Å². The van der Waals surface area contributed by atoms with Gasteiger partial charge in [-0.05, 0) is 25.5 Å². The second-order valence-electron chi connectivity index (χ2n) is 7.03. The van der Waals surface area contributed by atoms with Gasteiger partial charge in [0.1, 0.15) is 22.4 Å². The van der Waals surface area contributed by atoms with Crippen molar-refractivity contribution in [3.63, 3.8) is 0 Å². The number of carbonyl (C=O) groups is 1. The SMILES string of the molecule is Cc1c(Cl)c(C(F)(F)F)nn1CCCNC(=O)c1ccc(COc2c(Cl)c(Cl)c(Cl)c(Cl)c2Cl)o1. The van der Waals surface area contributed by atoms with Crippen LogP contribution < -0.4 is 10.1 Å². The molecule has 0 aliphatic carbocycles. The van der Waals surface area contributed by atoms with Crippen molar-refractivity contribution in [3.8, 4) is 5.75 Å². The third kappa shape index (κ3) is 6.26. The zero-order valence-electron chi connectivity index (χ0n) is 17.5. The van der Waals surface area contributed by atoms with E-state index in [2.05, 4.69) is 10.4 Å². The van der Waals surface area contributed by atoms with E-state index in [9.17, 15) is 18.0 Å². The van der Waals surface area contributed by atoms with Crippen molar-refractivity contribution in [2.45, 2.75) is 32.7 Å². The first-order chi connectivity index (χ1) is 16.3. The van der Waals surface area contributed by atoms with Gasteiger partial charge in [-0.15, -0.1) is 0 Å². The Balaban J connectivity index is 1.54. The number of ether oxygens (including phenoxy) is 1. The molecule has 0 unspecified atom stereocenters. The van der Waals surface area contributed by atoms with E-state index in [0.29, 0.717) is 6.42 Å². The third-order valence-corrected chi connectivity index (χ3v) is 7.34. The Morgan fingerprint density at radius 1 is 1.03 bits per heavy atom. The zero-order valence-corrected chi connectivity index (χ0v) is 22.0. The molecular formula is C20H14Cl6F3N3O3. The molecule has 2 aromatic heterocycles. The van der Waals surface area contributed by atoms with Gasteiger partial charge in [-0.25, -0.2) is 0 Å². The lowest BCUT2D eigenvalue weighted by molar-refractivity contribution is -0.141. The predicted octanol–water partition coefficient (Wildman–Crippen LogP) is 8.12. The quantitative estimate of drug-likeness (QED) is 0.158. The molecule has 0 fully saturated rings. The summed E-state index contributed by atoms with van der Waals surface area (Å²) in [7, 11) is 0. The molecule has 0 bridgehead atoms. The molecule has 3 aromatic rings. The van der Waals surface area contributed by atoms with Gasteiger partial charge in [-0.3, -0.25) is 9.48 Å². The number of hydrogen-bond donors (Lipinski definition) is 1. The summed E-state index contributed by atoms with van der Waals surface area (Å²) in [4.78, 5) is 12.3. The van der Waals surface area contributed by atoms with E-state index < -0.39 is 22.8 Å². The summed E-state index contributed by atoms with van der Waals surface area (Å²) >= 11 is 35.9. The lowest BCUT2D eigenvalue weighted by Gasteiger charge is -2.12. The van der Waals surface area contributed by atoms with E-state index >= 15 is 0 Å². The number of aryl methyl sites for hydroxylation is 1. The summed E-state index contributed by atoms with van der Waals surface area (Å²) in [5.74, 6) is -0.273. The molecule has 35 heavy (non-hydrogen) atoms. The Labute approximate surface area is 227 Å². The van der Waals surface area contributed by atoms with E-state index in [0.717, 1.165) is 4.68 Å². The van der Waals surface area contributed by atoms with Gasteiger partial charge in [0.25, 0.3) is 5.91 Å². The molecular weight excluding hydrogens is 600 g/mol. The minimum atomic E-state index is -4.65. The van der Waals surface area contributed by atoms with Gasteiger partial charge in [0.05, 0.1) is 25.8 Å². The molecule has 0 radical (unpaired) electrons. The summed E-state index contributed by atoms with van der Waals surface area (Å²) in [6.07, 6.45) is -4.35. The normalized spacial score (nSPS) is 11.7. The highest BCUT2D eigenvalue weighted by molar-refractivity contribution is 6.55. The average Bonchev–Trinajstić information content (AvgIpc) is 3.39. The van der Waals surface area contributed by atoms with Crippen LogP contribution in [0.1, 0.15) is 34.1 Å². The van der Waals surface area contributed by atoms with E-state index in [1.165, 1.54) is 19.1 Å². The van der Waals surface area contributed by atoms with Crippen LogP contribution in [0, 0.1) is 6.92 Å². The Morgan fingerprint density at radius 3 is 2.20 bits per heavy atom. The molecule has 0 saturated heterocycles. The summed E-state index contributed by atoms with van der Waals surface area (Å²) in [5.41, 5.74) is -0.957. The van der Waals surface area contributed by atoms with Gasteiger partial charge in [0, 0.05) is 13.1 Å². The number of furan rings is 1. The topological polar surface area (TPSA) is 69.3 Å². The maximum atomic E-state index is 12.9. The largest absolute Gasteiger partial charge is 0.482 e. The lowest BCUT2D eigenvalue weighted by atomic mass is 10.3. The Morgan fingerprint density at radius 2 is 1.63 bits per heavy atom. The number of hydrogen-bond acceptors (Lipinski definition) is 4. The zero-order chi connectivity index (χ0) is 26.1. The molecule has 0 saturated carbocycles. The van der Waals surface area contributed by atoms with Crippen molar-refractivity contribution < 1.29 is 27.1 Å². The fraction of sp³-hybridized carbons (Fsp3) is 0.300. The van der Waals surface area contributed by atoms with Crippen molar-refractivity contribution in [1.82, 2.24) is 15.1 Å². The molecule has 0 spiro atoms. The molecule has 0 atom stereocenters. The van der Waals surface area contributed by atoms with Crippen LogP contribution in [0.3, 0.4) is 0 Å². The first-order valence-corrected chi connectivity index (χ1v) is 11.9. The molecule has 3 rings (SSSR count). The van der Waals surface area contributed by atoms with Crippen molar-refractivity contribution in [3.05, 3.63) is 65.2 Å². The second-order valence-corrected chi connectivity index (χ2v) is 9.30. The predicted molar refractivity (Wildman–Crippen MR) is 128 cm³/mol. The van der Waals surface area contributed by atoms with E-state index in [-0.39, 0.29) is 67.8 Å². The third-order valence-electron chi connectivity index (χ3n) is 4.65. The number of nitrogens with zero attached hydrogens (tertiary/aromatic N) is 2. The number of rotatable bonds is 8. The smallest absolute Gasteiger partial charge is 0.436 e. The molecule has 15 heteroatoms. The number of aromatic nitrogens is 2. The van der Waals surface area contributed by atoms with E-state index in [4.69, 9.17) is 78.8 Å². The standard InChI is InChI=1S/C20H14Cl6F3N3O3/c1-8-11(21)18(20(27,28)29)31-32(8)6-2-5-30-19(33)10-4-3-9(35-10)7-34-17-15(25)13(23)12(22)14(24)16(17)26/h3-4H,2,5-7H2,1H3,(H,30,33). The fourth-order valence-corrected chi connectivity index (χ4v) is 4.35. The molecule has 6 nitrogen and oxygen atoms in total. The Kier molecular flexibility index (Phi) is 9.05. The van der Waals surface area contributed by atoms with Crippen LogP contribution in [-0.4, -0.2) is 22.2 Å². The van der Waals surface area contributed by atoms with Crippen LogP contribution in [0.25, 0.3) is 0 Å². The molecule has 0 aliphatic rings. The fourth-order valence-electron chi connectivity index (χ4n) is 2.87. The number of halogens is 9. The maximum Gasteiger partial charge on any atom is 0.436 e. The first kappa shape index (κ1) is 28.1. The van der Waals surface area contributed by atoms with E-state index in [1.807, 2.05) is 0 Å². The minimum Gasteiger partial charge on any atom is -0.482 e. The summed E-state index contributed by atoms with van der Waals surface area (Å²) < 4.78 is 50.8. The first-order valence-electron chi connectivity index (χ1n) is 9.64. The number of amides is 1. The minimum absolute atomic E-state index is 0.00201. The molecule has 0 aliphatic heterocycles. The van der Waals surface area contributed by atoms with Gasteiger partial charge in [0.15, 0.2) is 17.2 Å². The second kappa shape index (κ2) is 11.3. The summed E-state index contributed by atoms with van der Waals surface area (Å²) in [5, 5.41) is 5.52. The van der Waals surface area contributed by atoms with Crippen LogP contribution in [0.2, 0.25) is 30.1 Å². The maximum absolute atomic E-state index is 12.9. The molecule has 1 aromatic carbocycles. The summed E-state index contributed by atoms with van der Waals surface area (Å²) in [6, 6.07) is 2.93. The van der Waals surface area contributed by atoms with Crippen molar-refractivity contribution >= 4 is 75.5 Å². The van der Waals surface area contributed by atoms with Crippen molar-refractivity contribution in [2.24, 2.45) is 0 Å². The number of alkyl halides is 3. The highest BCUT2D eigenvalue weighted by Gasteiger charge is 2.38. The van der Waals surface area contributed by atoms with Crippen LogP contribution >= 0.6 is 69.6 Å². The van der Waals surface area contributed by atoms with Gasteiger partial charge >= 0.3 is 6.18 Å². The van der Waals surface area contributed by atoms with Crippen LogP contribution in [0.4, 0.5) is 13.2 Å². The number of carbonyl (C=O) groups excluding carboxylic acids is 1. The molecule has 2 heterocycles. The van der Waals surface area contributed by atoms with Gasteiger partial charge in [-0.2, -0.15) is 18.3 Å². The molecule has 1 amide bonds. The average molecular weight is 614 g/mol. The Hall–Kier alpha value is -1.49. The number of nitrogens with one attached hydrogen (secondary N) is 1. The van der Waals surface area contributed by atoms with Gasteiger partial charge < -0.3 is 14.5 Å². The highest BCUT2D eigenvalue weighted by atomic mass is 35.5.